The number of carbonyl (C=O) groups excluding carboxylic acids is 1. The molecule has 0 saturated carbocycles. The maximum atomic E-state index is 11.0. The van der Waals surface area contributed by atoms with Crippen molar-refractivity contribution in [3.63, 3.8) is 0 Å². The minimum Gasteiger partial charge on any atom is -0.369 e. The number of thioether (sulfide) groups is 1. The van der Waals surface area contributed by atoms with Crippen LogP contribution in [0.4, 0.5) is 4.79 Å². The molecular formula is C10H15N5OS2. The summed E-state index contributed by atoms with van der Waals surface area (Å²) < 4.78 is 0. The van der Waals surface area contributed by atoms with E-state index in [4.69, 9.17) is 5.26 Å². The van der Waals surface area contributed by atoms with E-state index in [-0.39, 0.29) is 6.03 Å². The Labute approximate surface area is 116 Å². The van der Waals surface area contributed by atoms with Gasteiger partial charge in [0.05, 0.1) is 11.2 Å². The van der Waals surface area contributed by atoms with Gasteiger partial charge in [-0.25, -0.2) is 4.79 Å². The molecule has 0 unspecified atom stereocenters. The lowest BCUT2D eigenvalue weighted by molar-refractivity contribution is 0.246. The summed E-state index contributed by atoms with van der Waals surface area (Å²) in [7, 11) is 0. The number of hydrogen-bond acceptors (Lipinski definition) is 6. The van der Waals surface area contributed by atoms with E-state index in [0.29, 0.717) is 13.2 Å². The lowest BCUT2D eigenvalue weighted by Crippen LogP contribution is -2.35. The molecule has 1 heterocycles. The van der Waals surface area contributed by atoms with Crippen LogP contribution in [0.2, 0.25) is 0 Å². The first-order valence-electron chi connectivity index (χ1n) is 5.35. The molecule has 8 heteroatoms. The van der Waals surface area contributed by atoms with Crippen molar-refractivity contribution in [2.45, 2.75) is 6.92 Å². The van der Waals surface area contributed by atoms with E-state index in [1.165, 1.54) is 5.49 Å². The van der Waals surface area contributed by atoms with E-state index < -0.39 is 0 Å². The molecule has 0 saturated heterocycles. The number of amides is 2. The Morgan fingerprint density at radius 2 is 2.56 bits per heavy atom. The number of urea groups is 1. The number of rotatable bonds is 6. The van der Waals surface area contributed by atoms with Crippen LogP contribution in [-0.4, -0.2) is 41.1 Å². The first-order valence-corrected chi connectivity index (χ1v) is 6.98. The summed E-state index contributed by atoms with van der Waals surface area (Å²) in [5, 5.41) is 17.1. The third kappa shape index (κ3) is 4.43. The van der Waals surface area contributed by atoms with E-state index in [1.807, 2.05) is 6.92 Å². The van der Waals surface area contributed by atoms with Gasteiger partial charge in [0.25, 0.3) is 0 Å². The smallest absolute Gasteiger partial charge is 0.319 e. The molecule has 1 rings (SSSR count). The molecule has 0 fully saturated rings. The quantitative estimate of drug-likeness (QED) is 0.376. The van der Waals surface area contributed by atoms with Gasteiger partial charge in [-0.2, -0.15) is 17.0 Å². The van der Waals surface area contributed by atoms with Crippen LogP contribution in [0, 0.1) is 11.5 Å². The van der Waals surface area contributed by atoms with Crippen LogP contribution in [-0.2, 0) is 0 Å². The van der Waals surface area contributed by atoms with Crippen LogP contribution in [0.25, 0.3) is 0 Å². The molecule has 6 nitrogen and oxygen atoms in total. The van der Waals surface area contributed by atoms with Crippen molar-refractivity contribution in [1.82, 2.24) is 20.9 Å². The second-order valence-corrected chi connectivity index (χ2v) is 4.85. The van der Waals surface area contributed by atoms with Gasteiger partial charge in [-0.3, -0.25) is 4.90 Å². The summed E-state index contributed by atoms with van der Waals surface area (Å²) in [6.45, 7) is 3.07. The molecule has 0 bridgehead atoms. The second-order valence-electron chi connectivity index (χ2n) is 3.51. The second kappa shape index (κ2) is 7.79. The Balaban J connectivity index is 2.18. The summed E-state index contributed by atoms with van der Waals surface area (Å²) >= 11 is 6.15. The Morgan fingerprint density at radius 3 is 3.22 bits per heavy atom. The van der Waals surface area contributed by atoms with Crippen LogP contribution < -0.4 is 16.0 Å². The fraction of sp³-hybridized carbons (Fsp3) is 0.500. The zero-order chi connectivity index (χ0) is 13.4. The van der Waals surface area contributed by atoms with Crippen molar-refractivity contribution in [1.29, 1.82) is 5.26 Å². The standard InChI is InChI=1S/C10H15N5OS2/c1-8-9(15(5-11)6-13-8)4-18-3-2-12-10(16)14-7-17/h7,13H,2-4,6H2,1H3,(H2,12,14,16,17). The number of thiocarbonyl (C=S) groups is 1. The van der Waals surface area contributed by atoms with E-state index >= 15 is 0 Å². The Morgan fingerprint density at radius 1 is 1.78 bits per heavy atom. The molecule has 98 valence electrons. The Bertz CT molecular complexity index is 390. The molecule has 0 aromatic heterocycles. The van der Waals surface area contributed by atoms with Gasteiger partial charge in [0.2, 0.25) is 0 Å². The number of nitrogens with zero attached hydrogens (tertiary/aromatic N) is 2. The minimum absolute atomic E-state index is 0.290. The number of nitrogens with one attached hydrogen (secondary N) is 3. The number of carbonyl (C=O) groups is 1. The van der Waals surface area contributed by atoms with Crippen molar-refractivity contribution in [3.05, 3.63) is 11.4 Å². The van der Waals surface area contributed by atoms with Gasteiger partial charge in [-0.1, -0.05) is 12.2 Å². The van der Waals surface area contributed by atoms with Crippen molar-refractivity contribution >= 4 is 35.5 Å². The van der Waals surface area contributed by atoms with Gasteiger partial charge >= 0.3 is 6.03 Å². The number of hydrogen-bond donors (Lipinski definition) is 3. The molecule has 3 N–H and O–H groups in total. The predicted octanol–water partition coefficient (Wildman–Crippen LogP) is 0.551. The van der Waals surface area contributed by atoms with E-state index in [9.17, 15) is 4.79 Å². The zero-order valence-electron chi connectivity index (χ0n) is 10.0. The molecule has 1 aliphatic heterocycles. The summed E-state index contributed by atoms with van der Waals surface area (Å²) in [5.41, 5.74) is 3.22. The van der Waals surface area contributed by atoms with Gasteiger partial charge < -0.3 is 16.0 Å². The topological polar surface area (TPSA) is 80.2 Å². The highest BCUT2D eigenvalue weighted by Gasteiger charge is 2.18. The van der Waals surface area contributed by atoms with E-state index in [0.717, 1.165) is 22.9 Å². The maximum Gasteiger partial charge on any atom is 0.319 e. The number of allylic oxidation sites excluding steroid dienone is 1. The Hall–Kier alpha value is -1.46. The normalized spacial score (nSPS) is 13.9. The van der Waals surface area contributed by atoms with E-state index in [1.54, 1.807) is 16.7 Å². The molecule has 0 aromatic carbocycles. The van der Waals surface area contributed by atoms with Crippen LogP contribution in [0.3, 0.4) is 0 Å². The summed E-state index contributed by atoms with van der Waals surface area (Å²) in [6.07, 6.45) is 2.12. The molecule has 1 aliphatic rings. The average molecular weight is 285 g/mol. The Kier molecular flexibility index (Phi) is 6.32. The molecular weight excluding hydrogens is 270 g/mol. The zero-order valence-corrected chi connectivity index (χ0v) is 11.7. The van der Waals surface area contributed by atoms with Gasteiger partial charge in [0, 0.05) is 23.7 Å². The van der Waals surface area contributed by atoms with Gasteiger partial charge in [0.1, 0.15) is 6.67 Å². The van der Waals surface area contributed by atoms with Crippen LogP contribution in [0.15, 0.2) is 11.4 Å². The van der Waals surface area contributed by atoms with Gasteiger partial charge in [-0.15, -0.1) is 0 Å². The third-order valence-corrected chi connectivity index (χ3v) is 3.43. The van der Waals surface area contributed by atoms with Crippen molar-refractivity contribution in [2.24, 2.45) is 0 Å². The highest BCUT2D eigenvalue weighted by atomic mass is 32.2. The molecule has 0 aromatic rings. The minimum atomic E-state index is -0.290. The molecule has 18 heavy (non-hydrogen) atoms. The SMILES string of the molecule is CC1=C(CSCCNC(=O)NC=S)N(C#N)CN1. The largest absolute Gasteiger partial charge is 0.369 e. The monoisotopic (exact) mass is 285 g/mol. The van der Waals surface area contributed by atoms with E-state index in [2.05, 4.69) is 34.4 Å². The average Bonchev–Trinajstić information content (AvgIpc) is 2.70. The van der Waals surface area contributed by atoms with Gasteiger partial charge in [0.15, 0.2) is 6.19 Å². The van der Waals surface area contributed by atoms with Crippen LogP contribution >= 0.6 is 24.0 Å². The predicted molar refractivity (Wildman–Crippen MR) is 75.7 cm³/mol. The third-order valence-electron chi connectivity index (χ3n) is 2.34. The number of nitriles is 1. The maximum absolute atomic E-state index is 11.0. The summed E-state index contributed by atoms with van der Waals surface area (Å²) in [6, 6.07) is -0.290. The van der Waals surface area contributed by atoms with Crippen molar-refractivity contribution in [2.75, 3.05) is 24.7 Å². The molecule has 0 radical (unpaired) electrons. The first kappa shape index (κ1) is 14.6. The fourth-order valence-corrected chi connectivity index (χ4v) is 2.45. The van der Waals surface area contributed by atoms with Crippen LogP contribution in [0.1, 0.15) is 6.92 Å². The first-order chi connectivity index (χ1) is 8.69. The lowest BCUT2D eigenvalue weighted by Gasteiger charge is -2.11. The van der Waals surface area contributed by atoms with Crippen molar-refractivity contribution in [3.8, 4) is 6.19 Å². The lowest BCUT2D eigenvalue weighted by atomic mass is 10.4. The summed E-state index contributed by atoms with van der Waals surface area (Å²) in [4.78, 5) is 12.6. The molecule has 2 amide bonds. The molecule has 0 aliphatic carbocycles. The highest BCUT2D eigenvalue weighted by Crippen LogP contribution is 2.18. The van der Waals surface area contributed by atoms with Crippen molar-refractivity contribution < 1.29 is 4.79 Å². The van der Waals surface area contributed by atoms with Gasteiger partial charge in [-0.05, 0) is 6.92 Å². The van der Waals surface area contributed by atoms with Crippen LogP contribution in [0.5, 0.6) is 0 Å². The highest BCUT2D eigenvalue weighted by molar-refractivity contribution is 7.99. The summed E-state index contributed by atoms with van der Waals surface area (Å²) in [5.74, 6) is 1.53. The molecule has 0 atom stereocenters. The fourth-order valence-electron chi connectivity index (χ4n) is 1.39. The molecule has 0 spiro atoms.